The van der Waals surface area contributed by atoms with Crippen LogP contribution in [-0.2, 0) is 10.0 Å². The minimum absolute atomic E-state index is 0.0354. The molecule has 0 amide bonds. The SMILES string of the molecule is COc1ccc(OC)c(S(=O)(=O)n2nnc3cc(C)ccc32)c1. The molecular weight excluding hydrogens is 318 g/mol. The Hall–Kier alpha value is -2.61. The maximum absolute atomic E-state index is 13.0. The van der Waals surface area contributed by atoms with Crippen molar-refractivity contribution in [3.05, 3.63) is 42.0 Å². The number of ether oxygens (including phenoxy) is 2. The van der Waals surface area contributed by atoms with Crippen molar-refractivity contribution in [2.75, 3.05) is 14.2 Å². The number of aromatic nitrogens is 3. The molecule has 0 unspecified atom stereocenters. The van der Waals surface area contributed by atoms with Crippen LogP contribution in [0.3, 0.4) is 0 Å². The molecule has 8 heteroatoms. The highest BCUT2D eigenvalue weighted by molar-refractivity contribution is 7.90. The summed E-state index contributed by atoms with van der Waals surface area (Å²) in [6.07, 6.45) is 0. The van der Waals surface area contributed by atoms with Gasteiger partial charge in [-0.25, -0.2) is 0 Å². The molecule has 23 heavy (non-hydrogen) atoms. The lowest BCUT2D eigenvalue weighted by Gasteiger charge is -2.11. The first kappa shape index (κ1) is 15.3. The van der Waals surface area contributed by atoms with E-state index in [0.717, 1.165) is 9.65 Å². The monoisotopic (exact) mass is 333 g/mol. The first-order valence-electron chi connectivity index (χ1n) is 6.77. The van der Waals surface area contributed by atoms with Crippen LogP contribution < -0.4 is 9.47 Å². The quantitative estimate of drug-likeness (QED) is 0.726. The Bertz CT molecular complexity index is 980. The summed E-state index contributed by atoms with van der Waals surface area (Å²) in [5.41, 5.74) is 1.89. The van der Waals surface area contributed by atoms with Crippen molar-refractivity contribution in [1.29, 1.82) is 0 Å². The third-order valence-electron chi connectivity index (χ3n) is 3.45. The molecule has 120 valence electrons. The minimum Gasteiger partial charge on any atom is -0.497 e. The number of rotatable bonds is 4. The van der Waals surface area contributed by atoms with Crippen molar-refractivity contribution >= 4 is 21.1 Å². The molecule has 1 heterocycles. The summed E-state index contributed by atoms with van der Waals surface area (Å²) in [6.45, 7) is 1.90. The van der Waals surface area contributed by atoms with Crippen LogP contribution in [0.2, 0.25) is 0 Å². The lowest BCUT2D eigenvalue weighted by Crippen LogP contribution is -2.15. The Labute approximate surface area is 133 Å². The van der Waals surface area contributed by atoms with E-state index < -0.39 is 10.0 Å². The van der Waals surface area contributed by atoms with E-state index in [9.17, 15) is 8.42 Å². The zero-order chi connectivity index (χ0) is 16.6. The Morgan fingerprint density at radius 2 is 1.83 bits per heavy atom. The van der Waals surface area contributed by atoms with Crippen LogP contribution in [0.15, 0.2) is 41.3 Å². The minimum atomic E-state index is -3.97. The fourth-order valence-electron chi connectivity index (χ4n) is 2.27. The normalized spacial score (nSPS) is 11.6. The number of fused-ring (bicyclic) bond motifs is 1. The van der Waals surface area contributed by atoms with Gasteiger partial charge in [-0.15, -0.1) is 9.19 Å². The molecule has 2 aromatic carbocycles. The van der Waals surface area contributed by atoms with Crippen molar-refractivity contribution in [2.24, 2.45) is 0 Å². The predicted octanol–water partition coefficient (Wildman–Crippen LogP) is 1.99. The van der Waals surface area contributed by atoms with Crippen LogP contribution in [0.4, 0.5) is 0 Å². The molecule has 0 N–H and O–H groups in total. The van der Waals surface area contributed by atoms with Crippen LogP contribution in [0.1, 0.15) is 5.56 Å². The Morgan fingerprint density at radius 1 is 1.04 bits per heavy atom. The van der Waals surface area contributed by atoms with Gasteiger partial charge in [-0.05, 0) is 36.8 Å². The van der Waals surface area contributed by atoms with Gasteiger partial charge in [0.2, 0.25) is 0 Å². The predicted molar refractivity (Wildman–Crippen MR) is 84.4 cm³/mol. The maximum Gasteiger partial charge on any atom is 0.288 e. The van der Waals surface area contributed by atoms with Gasteiger partial charge in [0.15, 0.2) is 0 Å². The van der Waals surface area contributed by atoms with Crippen LogP contribution in [-0.4, -0.2) is 37.0 Å². The van der Waals surface area contributed by atoms with Gasteiger partial charge < -0.3 is 9.47 Å². The number of benzene rings is 2. The molecule has 0 radical (unpaired) electrons. The molecule has 0 saturated carbocycles. The number of nitrogens with zero attached hydrogens (tertiary/aromatic N) is 3. The Kier molecular flexibility index (Phi) is 3.69. The van der Waals surface area contributed by atoms with Gasteiger partial charge in [0.25, 0.3) is 10.0 Å². The van der Waals surface area contributed by atoms with E-state index in [1.807, 2.05) is 6.92 Å². The second-order valence-electron chi connectivity index (χ2n) is 4.95. The molecule has 3 rings (SSSR count). The van der Waals surface area contributed by atoms with Gasteiger partial charge >= 0.3 is 0 Å². The molecule has 7 nitrogen and oxygen atoms in total. The summed E-state index contributed by atoms with van der Waals surface area (Å²) >= 11 is 0. The Balaban J connectivity index is 2.25. The lowest BCUT2D eigenvalue weighted by molar-refractivity contribution is 0.392. The molecule has 3 aromatic rings. The molecule has 0 spiro atoms. The summed E-state index contributed by atoms with van der Waals surface area (Å²) in [4.78, 5) is -0.0354. The first-order valence-corrected chi connectivity index (χ1v) is 8.21. The fraction of sp³-hybridized carbons (Fsp3) is 0.200. The van der Waals surface area contributed by atoms with Crippen molar-refractivity contribution in [3.8, 4) is 11.5 Å². The second-order valence-corrected chi connectivity index (χ2v) is 6.68. The fourth-order valence-corrected chi connectivity index (χ4v) is 3.67. The molecule has 0 aliphatic heterocycles. The third kappa shape index (κ3) is 2.50. The highest BCUT2D eigenvalue weighted by Crippen LogP contribution is 2.30. The molecule has 0 aliphatic rings. The van der Waals surface area contributed by atoms with Crippen molar-refractivity contribution in [1.82, 2.24) is 14.4 Å². The van der Waals surface area contributed by atoms with E-state index in [0.29, 0.717) is 16.8 Å². The summed E-state index contributed by atoms with van der Waals surface area (Å²) in [5.74, 6) is 0.617. The van der Waals surface area contributed by atoms with Crippen LogP contribution in [0, 0.1) is 6.92 Å². The number of hydrogen-bond donors (Lipinski definition) is 0. The molecular formula is C15H15N3O4S. The van der Waals surface area contributed by atoms with Crippen LogP contribution >= 0.6 is 0 Å². The largest absolute Gasteiger partial charge is 0.497 e. The van der Waals surface area contributed by atoms with E-state index in [1.165, 1.54) is 26.4 Å². The van der Waals surface area contributed by atoms with E-state index >= 15 is 0 Å². The topological polar surface area (TPSA) is 83.3 Å². The van der Waals surface area contributed by atoms with Crippen molar-refractivity contribution in [3.63, 3.8) is 0 Å². The van der Waals surface area contributed by atoms with Crippen molar-refractivity contribution in [2.45, 2.75) is 11.8 Å². The van der Waals surface area contributed by atoms with E-state index in [4.69, 9.17) is 9.47 Å². The molecule has 1 aromatic heterocycles. The Morgan fingerprint density at radius 3 is 2.52 bits per heavy atom. The van der Waals surface area contributed by atoms with E-state index in [-0.39, 0.29) is 10.6 Å². The number of methoxy groups -OCH3 is 2. The van der Waals surface area contributed by atoms with Gasteiger partial charge in [0.05, 0.1) is 14.2 Å². The average molecular weight is 333 g/mol. The zero-order valence-electron chi connectivity index (χ0n) is 12.8. The highest BCUT2D eigenvalue weighted by Gasteiger charge is 2.26. The zero-order valence-corrected chi connectivity index (χ0v) is 13.7. The number of aryl methyl sites for hydroxylation is 1. The smallest absolute Gasteiger partial charge is 0.288 e. The van der Waals surface area contributed by atoms with E-state index in [2.05, 4.69) is 10.3 Å². The van der Waals surface area contributed by atoms with Crippen LogP contribution in [0.5, 0.6) is 11.5 Å². The average Bonchev–Trinajstić information content (AvgIpc) is 2.97. The number of hydrogen-bond acceptors (Lipinski definition) is 6. The first-order chi connectivity index (χ1) is 11.0. The highest BCUT2D eigenvalue weighted by atomic mass is 32.2. The van der Waals surface area contributed by atoms with E-state index in [1.54, 1.807) is 24.3 Å². The van der Waals surface area contributed by atoms with Crippen molar-refractivity contribution < 1.29 is 17.9 Å². The molecule has 0 saturated heterocycles. The molecule has 0 fully saturated rings. The standard InChI is InChI=1S/C15H15N3O4S/c1-10-4-6-13-12(8-10)16-17-18(13)23(19,20)15-9-11(21-2)5-7-14(15)22-3/h4-9H,1-3H3. The second kappa shape index (κ2) is 5.54. The molecule has 0 aliphatic carbocycles. The third-order valence-corrected chi connectivity index (χ3v) is 5.05. The summed E-state index contributed by atoms with van der Waals surface area (Å²) < 4.78 is 37.1. The van der Waals surface area contributed by atoms with Gasteiger partial charge in [0.1, 0.15) is 27.4 Å². The summed E-state index contributed by atoms with van der Waals surface area (Å²) in [6, 6.07) is 9.82. The van der Waals surface area contributed by atoms with Crippen LogP contribution in [0.25, 0.3) is 11.0 Å². The van der Waals surface area contributed by atoms with Gasteiger partial charge in [-0.2, -0.15) is 8.42 Å². The lowest BCUT2D eigenvalue weighted by atomic mass is 10.2. The molecule has 0 bridgehead atoms. The van der Waals surface area contributed by atoms with Gasteiger partial charge in [0, 0.05) is 6.07 Å². The summed E-state index contributed by atoms with van der Waals surface area (Å²) in [7, 11) is -1.10. The summed E-state index contributed by atoms with van der Waals surface area (Å²) in [5, 5.41) is 7.73. The maximum atomic E-state index is 13.0. The molecule has 0 atom stereocenters. The van der Waals surface area contributed by atoms with Gasteiger partial charge in [-0.3, -0.25) is 0 Å². The van der Waals surface area contributed by atoms with Gasteiger partial charge in [-0.1, -0.05) is 11.3 Å².